The normalized spacial score (nSPS) is 10.9. The molecule has 0 bridgehead atoms. The van der Waals surface area contributed by atoms with Gasteiger partial charge in [0.25, 0.3) is 15.9 Å². The number of amides is 1. The highest BCUT2D eigenvalue weighted by atomic mass is 32.2. The van der Waals surface area contributed by atoms with Crippen molar-refractivity contribution in [2.24, 2.45) is 0 Å². The van der Waals surface area contributed by atoms with Crippen LogP contribution in [0.4, 0.5) is 11.4 Å². The van der Waals surface area contributed by atoms with Crippen molar-refractivity contribution in [2.45, 2.75) is 4.21 Å². The molecule has 0 saturated carbocycles. The first-order chi connectivity index (χ1) is 18.8. The first-order valence-electron chi connectivity index (χ1n) is 11.7. The fraction of sp³-hybridized carbons (Fsp3) is 0.107. The molecule has 0 aliphatic carbocycles. The monoisotopic (exact) mass is 564 g/mol. The Hall–Kier alpha value is -4.48. The van der Waals surface area contributed by atoms with Crippen molar-refractivity contribution in [3.8, 4) is 5.75 Å². The average molecular weight is 565 g/mol. The third-order valence-electron chi connectivity index (χ3n) is 5.51. The second-order valence-corrected chi connectivity index (χ2v) is 11.3. The molecule has 0 unspecified atom stereocenters. The molecule has 0 spiro atoms. The molecule has 0 saturated heterocycles. The number of carbonyl (C=O) groups is 3. The fourth-order valence-electron chi connectivity index (χ4n) is 3.49. The number of carbonyl (C=O) groups excluding carboxylic acids is 3. The van der Waals surface area contributed by atoms with E-state index in [0.29, 0.717) is 28.3 Å². The highest BCUT2D eigenvalue weighted by molar-refractivity contribution is 7.94. The van der Waals surface area contributed by atoms with Gasteiger partial charge in [0.05, 0.1) is 11.4 Å². The van der Waals surface area contributed by atoms with Gasteiger partial charge in [-0.1, -0.05) is 48.5 Å². The maximum atomic E-state index is 12.8. The minimum Gasteiger partial charge on any atom is -0.482 e. The average Bonchev–Trinajstić information content (AvgIpc) is 3.52. The van der Waals surface area contributed by atoms with Crippen LogP contribution in [0.15, 0.2) is 101 Å². The van der Waals surface area contributed by atoms with E-state index < -0.39 is 35.1 Å². The number of thiophene rings is 1. The topological polar surface area (TPSA) is 119 Å². The van der Waals surface area contributed by atoms with Gasteiger partial charge in [0.2, 0.25) is 0 Å². The van der Waals surface area contributed by atoms with Gasteiger partial charge in [-0.05, 0) is 47.8 Å². The summed E-state index contributed by atoms with van der Waals surface area (Å²) in [5.41, 5.74) is 1.51. The number of ketones is 1. The number of sulfonamides is 1. The van der Waals surface area contributed by atoms with Crippen molar-refractivity contribution < 1.29 is 32.3 Å². The van der Waals surface area contributed by atoms with E-state index >= 15 is 0 Å². The number of hydrogen-bond donors (Lipinski definition) is 1. The molecule has 4 aromatic rings. The molecule has 1 heterocycles. The van der Waals surface area contributed by atoms with Crippen molar-refractivity contribution in [1.29, 1.82) is 0 Å². The zero-order chi connectivity index (χ0) is 27.8. The first-order valence-corrected chi connectivity index (χ1v) is 14.0. The lowest BCUT2D eigenvalue weighted by atomic mass is 10.0. The van der Waals surface area contributed by atoms with E-state index in [9.17, 15) is 22.8 Å². The van der Waals surface area contributed by atoms with Gasteiger partial charge in [-0.3, -0.25) is 13.9 Å². The van der Waals surface area contributed by atoms with Gasteiger partial charge >= 0.3 is 5.97 Å². The summed E-state index contributed by atoms with van der Waals surface area (Å²) >= 11 is 1.13. The maximum absolute atomic E-state index is 12.8. The van der Waals surface area contributed by atoms with E-state index in [4.69, 9.17) is 9.47 Å². The molecule has 0 radical (unpaired) electrons. The van der Waals surface area contributed by atoms with E-state index in [2.05, 4.69) is 5.32 Å². The van der Waals surface area contributed by atoms with Crippen molar-refractivity contribution in [3.05, 3.63) is 108 Å². The Morgan fingerprint density at radius 3 is 2.23 bits per heavy atom. The molecule has 4 rings (SSSR count). The summed E-state index contributed by atoms with van der Waals surface area (Å²) in [7, 11) is -2.22. The lowest BCUT2D eigenvalue weighted by molar-refractivity contribution is -0.149. The van der Waals surface area contributed by atoms with Crippen molar-refractivity contribution in [2.75, 3.05) is 29.9 Å². The van der Waals surface area contributed by atoms with Crippen LogP contribution in [0.1, 0.15) is 15.9 Å². The zero-order valence-corrected chi connectivity index (χ0v) is 22.4. The number of anilines is 2. The Balaban J connectivity index is 1.27. The van der Waals surface area contributed by atoms with Crippen LogP contribution < -0.4 is 14.4 Å². The summed E-state index contributed by atoms with van der Waals surface area (Å²) in [6.45, 7) is -1.03. The SMILES string of the molecule is CN(c1ccc(OCC(=O)OCC(=O)Nc2ccccc2C(=O)c2ccccc2)cc1)S(=O)(=O)c1cccs1. The summed E-state index contributed by atoms with van der Waals surface area (Å²) in [4.78, 5) is 37.3. The van der Waals surface area contributed by atoms with Crippen LogP contribution in [0.5, 0.6) is 5.75 Å². The number of hydrogen-bond acceptors (Lipinski definition) is 8. The summed E-state index contributed by atoms with van der Waals surface area (Å²) < 4.78 is 37.1. The van der Waals surface area contributed by atoms with Gasteiger partial charge in [-0.25, -0.2) is 13.2 Å². The lowest BCUT2D eigenvalue weighted by Crippen LogP contribution is -2.25. The van der Waals surface area contributed by atoms with Gasteiger partial charge < -0.3 is 14.8 Å². The molecule has 0 atom stereocenters. The smallest absolute Gasteiger partial charge is 0.344 e. The van der Waals surface area contributed by atoms with Crippen molar-refractivity contribution >= 4 is 50.4 Å². The Bertz CT molecular complexity index is 1550. The zero-order valence-electron chi connectivity index (χ0n) is 20.8. The van der Waals surface area contributed by atoms with Gasteiger partial charge in [-0.2, -0.15) is 0 Å². The Labute approximate surface area is 229 Å². The molecule has 0 aliphatic heterocycles. The van der Waals surface area contributed by atoms with Gasteiger partial charge in [0.15, 0.2) is 19.0 Å². The van der Waals surface area contributed by atoms with Crippen LogP contribution in [0, 0.1) is 0 Å². The summed E-state index contributed by atoms with van der Waals surface area (Å²) in [5, 5.41) is 4.29. The number of rotatable bonds is 11. The first kappa shape index (κ1) is 27.6. The van der Waals surface area contributed by atoms with Crippen LogP contribution in [0.25, 0.3) is 0 Å². The molecule has 0 fully saturated rings. The van der Waals surface area contributed by atoms with Crippen LogP contribution >= 0.6 is 11.3 Å². The van der Waals surface area contributed by atoms with Crippen molar-refractivity contribution in [3.63, 3.8) is 0 Å². The Morgan fingerprint density at radius 2 is 1.54 bits per heavy atom. The largest absolute Gasteiger partial charge is 0.482 e. The van der Waals surface area contributed by atoms with Crippen molar-refractivity contribution in [1.82, 2.24) is 0 Å². The van der Waals surface area contributed by atoms with Crippen LogP contribution in [-0.2, 0) is 24.3 Å². The maximum Gasteiger partial charge on any atom is 0.344 e. The predicted molar refractivity (Wildman–Crippen MR) is 148 cm³/mol. The Kier molecular flexibility index (Phi) is 8.74. The third-order valence-corrected chi connectivity index (χ3v) is 8.67. The van der Waals surface area contributed by atoms with E-state index in [0.717, 1.165) is 15.6 Å². The minimum absolute atomic E-state index is 0.225. The molecule has 9 nitrogen and oxygen atoms in total. The molecule has 39 heavy (non-hydrogen) atoms. The van der Waals surface area contributed by atoms with E-state index in [1.165, 1.54) is 25.2 Å². The second kappa shape index (κ2) is 12.4. The van der Waals surface area contributed by atoms with E-state index in [1.54, 1.807) is 78.2 Å². The second-order valence-electron chi connectivity index (χ2n) is 8.14. The molecule has 11 heteroatoms. The summed E-state index contributed by atoms with van der Waals surface area (Å²) in [6, 6.07) is 24.6. The molecular formula is C28H24N2O7S2. The van der Waals surface area contributed by atoms with E-state index in [1.807, 2.05) is 0 Å². The van der Waals surface area contributed by atoms with Crippen LogP contribution in [0.2, 0.25) is 0 Å². The van der Waals surface area contributed by atoms with Crippen LogP contribution in [0.3, 0.4) is 0 Å². The third kappa shape index (κ3) is 6.89. The summed E-state index contributed by atoms with van der Waals surface area (Å²) in [6.07, 6.45) is 0. The van der Waals surface area contributed by atoms with E-state index in [-0.39, 0.29) is 9.99 Å². The van der Waals surface area contributed by atoms with Gasteiger partial charge in [-0.15, -0.1) is 11.3 Å². The number of nitrogens with one attached hydrogen (secondary N) is 1. The quantitative estimate of drug-likeness (QED) is 0.212. The van der Waals surface area contributed by atoms with Gasteiger partial charge in [0.1, 0.15) is 9.96 Å². The minimum atomic E-state index is -3.67. The number of para-hydroxylation sites is 1. The lowest BCUT2D eigenvalue weighted by Gasteiger charge is -2.18. The number of ether oxygens (including phenoxy) is 2. The standard InChI is InChI=1S/C28H24N2O7S2/c1-30(39(34,35)27-12-7-17-38-27)21-13-15-22(16-14-21)36-19-26(32)37-18-25(31)29-24-11-6-5-10-23(24)28(33)20-8-3-2-4-9-20/h2-17H,18-19H2,1H3,(H,29,31). The number of benzene rings is 3. The van der Waals surface area contributed by atoms with Crippen LogP contribution in [-0.4, -0.2) is 46.3 Å². The number of nitrogens with zero attached hydrogens (tertiary/aromatic N) is 1. The highest BCUT2D eigenvalue weighted by Crippen LogP contribution is 2.26. The Morgan fingerprint density at radius 1 is 0.846 bits per heavy atom. The molecule has 1 amide bonds. The van der Waals surface area contributed by atoms with Gasteiger partial charge in [0, 0.05) is 18.2 Å². The predicted octanol–water partition coefficient (Wildman–Crippen LogP) is 4.36. The molecule has 0 aliphatic rings. The molecule has 3 aromatic carbocycles. The highest BCUT2D eigenvalue weighted by Gasteiger charge is 2.22. The fourth-order valence-corrected chi connectivity index (χ4v) is 5.84. The molecule has 1 N–H and O–H groups in total. The molecule has 200 valence electrons. The molecule has 1 aromatic heterocycles. The number of esters is 1. The summed E-state index contributed by atoms with van der Waals surface area (Å²) in [5.74, 6) is -1.33. The molecular weight excluding hydrogens is 540 g/mol.